The van der Waals surface area contributed by atoms with Crippen LogP contribution < -0.4 is 4.90 Å². The third-order valence-electron chi connectivity index (χ3n) is 15.8. The van der Waals surface area contributed by atoms with Gasteiger partial charge in [0.05, 0.1) is 11.4 Å². The first-order chi connectivity index (χ1) is 28.5. The van der Waals surface area contributed by atoms with Gasteiger partial charge in [-0.15, -0.1) is 0 Å². The quantitative estimate of drug-likeness (QED) is 0.173. The molecule has 8 aromatic rings. The van der Waals surface area contributed by atoms with Crippen molar-refractivity contribution < 1.29 is 0 Å². The third-order valence-corrected chi connectivity index (χ3v) is 15.8. The van der Waals surface area contributed by atoms with Crippen molar-refractivity contribution in [1.29, 1.82) is 0 Å². The van der Waals surface area contributed by atoms with Crippen LogP contribution in [0.25, 0.3) is 54.9 Å². The first-order valence-electron chi connectivity index (χ1n) is 21.8. The molecule has 0 N–H and O–H groups in total. The smallest absolute Gasteiger partial charge is 0.0543 e. The molecule has 0 unspecified atom stereocenters. The van der Waals surface area contributed by atoms with Crippen LogP contribution in [-0.4, -0.2) is 0 Å². The van der Waals surface area contributed by atoms with E-state index >= 15 is 0 Å². The standard InChI is InChI=1S/C57H47N/c1-56(2)48-21-7-5-15-46(48)55-50(56)23-12-26-53(55)58(41-28-27-37-13-3-4-14-38(37)34-41)52-25-11-18-42-43(17-9-19-44(42)52)45-20-10-24-51-54(45)47-16-6-8-22-49(47)57(51)39-30-35-29-36(32-39)33-40(57)31-35/h3-28,34-36,39-40H,29-33H2,1-2H3. The third kappa shape index (κ3) is 4.27. The first kappa shape index (κ1) is 33.1. The minimum Gasteiger partial charge on any atom is -0.309 e. The Morgan fingerprint density at radius 2 is 0.983 bits per heavy atom. The summed E-state index contributed by atoms with van der Waals surface area (Å²) in [5.74, 6) is 3.36. The van der Waals surface area contributed by atoms with E-state index in [-0.39, 0.29) is 10.8 Å². The van der Waals surface area contributed by atoms with Gasteiger partial charge in [0.25, 0.3) is 0 Å². The van der Waals surface area contributed by atoms with Gasteiger partial charge in [-0.2, -0.15) is 0 Å². The van der Waals surface area contributed by atoms with Gasteiger partial charge < -0.3 is 4.90 Å². The summed E-state index contributed by atoms with van der Waals surface area (Å²) < 4.78 is 0. The SMILES string of the molecule is CC1(C)c2ccccc2-c2c(N(c3ccc4ccccc4c3)c3cccc4c(-c5cccc6c5-c5ccccc5C65C6CC7CC(C6)CC5C7)cccc34)cccc21. The van der Waals surface area contributed by atoms with E-state index < -0.39 is 0 Å². The van der Waals surface area contributed by atoms with E-state index in [1.165, 1.54) is 115 Å². The number of nitrogens with zero attached hydrogens (tertiary/aromatic N) is 1. The normalized spacial score (nSPS) is 23.9. The van der Waals surface area contributed by atoms with E-state index in [9.17, 15) is 0 Å². The van der Waals surface area contributed by atoms with Gasteiger partial charge >= 0.3 is 0 Å². The summed E-state index contributed by atoms with van der Waals surface area (Å²) in [6.45, 7) is 4.77. The average Bonchev–Trinajstić information content (AvgIpc) is 3.69. The van der Waals surface area contributed by atoms with Gasteiger partial charge in [0.15, 0.2) is 0 Å². The number of anilines is 3. The topological polar surface area (TPSA) is 3.24 Å². The van der Waals surface area contributed by atoms with Crippen molar-refractivity contribution in [2.24, 2.45) is 23.7 Å². The van der Waals surface area contributed by atoms with Crippen LogP contribution in [0.4, 0.5) is 17.1 Å². The lowest BCUT2D eigenvalue weighted by Crippen LogP contribution is -2.55. The van der Waals surface area contributed by atoms with Gasteiger partial charge in [-0.25, -0.2) is 0 Å². The molecule has 0 atom stereocenters. The Hall–Kier alpha value is -5.92. The number of fused-ring (bicyclic) bond motifs is 8. The molecule has 14 rings (SSSR count). The Kier molecular flexibility index (Phi) is 6.75. The number of hydrogen-bond donors (Lipinski definition) is 0. The molecule has 0 saturated heterocycles. The Labute approximate surface area is 342 Å². The van der Waals surface area contributed by atoms with Crippen LogP contribution in [0.3, 0.4) is 0 Å². The van der Waals surface area contributed by atoms with Crippen LogP contribution in [0.5, 0.6) is 0 Å². The molecular formula is C57H47N. The maximum atomic E-state index is 2.56. The molecule has 1 spiro atoms. The lowest BCUT2D eigenvalue weighted by Gasteiger charge is -2.61. The molecule has 8 aromatic carbocycles. The highest BCUT2D eigenvalue weighted by atomic mass is 15.1. The zero-order chi connectivity index (χ0) is 38.3. The number of rotatable bonds is 4. The van der Waals surface area contributed by atoms with Crippen molar-refractivity contribution in [1.82, 2.24) is 0 Å². The zero-order valence-corrected chi connectivity index (χ0v) is 33.4. The van der Waals surface area contributed by atoms with Crippen molar-refractivity contribution in [2.45, 2.75) is 56.8 Å². The van der Waals surface area contributed by atoms with E-state index in [0.29, 0.717) is 0 Å². The maximum absolute atomic E-state index is 2.56. The molecule has 1 nitrogen and oxygen atoms in total. The second-order valence-electron chi connectivity index (χ2n) is 18.9. The summed E-state index contributed by atoms with van der Waals surface area (Å²) in [5, 5.41) is 5.07. The lowest BCUT2D eigenvalue weighted by atomic mass is 9.43. The summed E-state index contributed by atoms with van der Waals surface area (Å²) in [4.78, 5) is 2.56. The molecule has 0 amide bonds. The second kappa shape index (κ2) is 11.8. The van der Waals surface area contributed by atoms with E-state index in [1.807, 2.05) is 0 Å². The molecule has 4 saturated carbocycles. The fourth-order valence-electron chi connectivity index (χ4n) is 13.8. The van der Waals surface area contributed by atoms with Crippen molar-refractivity contribution in [3.63, 3.8) is 0 Å². The van der Waals surface area contributed by atoms with Gasteiger partial charge in [0.2, 0.25) is 0 Å². The van der Waals surface area contributed by atoms with Gasteiger partial charge in [0.1, 0.15) is 0 Å². The summed E-state index contributed by atoms with van der Waals surface area (Å²) in [5.41, 5.74) is 18.0. The Balaban J connectivity index is 1.05. The van der Waals surface area contributed by atoms with Crippen molar-refractivity contribution in [2.75, 3.05) is 4.90 Å². The minimum absolute atomic E-state index is 0.0957. The Morgan fingerprint density at radius 3 is 1.79 bits per heavy atom. The highest BCUT2D eigenvalue weighted by Gasteiger charge is 2.61. The van der Waals surface area contributed by atoms with E-state index in [4.69, 9.17) is 0 Å². The molecule has 6 aliphatic carbocycles. The summed E-state index contributed by atoms with van der Waals surface area (Å²) >= 11 is 0. The van der Waals surface area contributed by atoms with Crippen LogP contribution in [0.15, 0.2) is 164 Å². The molecule has 280 valence electrons. The van der Waals surface area contributed by atoms with Gasteiger partial charge in [-0.3, -0.25) is 0 Å². The molecule has 4 bridgehead atoms. The van der Waals surface area contributed by atoms with E-state index in [1.54, 1.807) is 11.1 Å². The zero-order valence-electron chi connectivity index (χ0n) is 33.4. The molecule has 0 radical (unpaired) electrons. The second-order valence-corrected chi connectivity index (χ2v) is 18.9. The van der Waals surface area contributed by atoms with Gasteiger partial charge in [-0.1, -0.05) is 153 Å². The predicted molar refractivity (Wildman–Crippen MR) is 242 cm³/mol. The van der Waals surface area contributed by atoms with Crippen LogP contribution in [-0.2, 0) is 10.8 Å². The molecule has 58 heavy (non-hydrogen) atoms. The molecular weight excluding hydrogens is 699 g/mol. The molecule has 1 heteroatoms. The van der Waals surface area contributed by atoms with Gasteiger partial charge in [0, 0.05) is 27.5 Å². The number of benzene rings is 8. The predicted octanol–water partition coefficient (Wildman–Crippen LogP) is 15.2. The molecule has 0 heterocycles. The van der Waals surface area contributed by atoms with Crippen LogP contribution in [0, 0.1) is 23.7 Å². The largest absolute Gasteiger partial charge is 0.309 e. The summed E-state index contributed by atoms with van der Waals surface area (Å²) in [6.07, 6.45) is 7.08. The Morgan fingerprint density at radius 1 is 0.414 bits per heavy atom. The average molecular weight is 746 g/mol. The van der Waals surface area contributed by atoms with Gasteiger partial charge in [-0.05, 0) is 146 Å². The lowest BCUT2D eigenvalue weighted by molar-refractivity contribution is -0.0399. The van der Waals surface area contributed by atoms with E-state index in [2.05, 4.69) is 183 Å². The fourth-order valence-corrected chi connectivity index (χ4v) is 13.8. The molecule has 4 fully saturated rings. The minimum atomic E-state index is -0.0957. The Bertz CT molecular complexity index is 2990. The van der Waals surface area contributed by atoms with Crippen LogP contribution >= 0.6 is 0 Å². The van der Waals surface area contributed by atoms with Crippen molar-refractivity contribution in [3.8, 4) is 33.4 Å². The molecule has 6 aliphatic rings. The van der Waals surface area contributed by atoms with Crippen molar-refractivity contribution >= 4 is 38.6 Å². The summed E-state index contributed by atoms with van der Waals surface area (Å²) in [6, 6.07) is 62.8. The monoisotopic (exact) mass is 745 g/mol. The molecule has 0 aromatic heterocycles. The fraction of sp³-hybridized carbons (Fsp3) is 0.228. The van der Waals surface area contributed by atoms with Crippen LogP contribution in [0.2, 0.25) is 0 Å². The van der Waals surface area contributed by atoms with Crippen molar-refractivity contribution in [3.05, 3.63) is 186 Å². The highest BCUT2D eigenvalue weighted by Crippen LogP contribution is 2.70. The summed E-state index contributed by atoms with van der Waals surface area (Å²) in [7, 11) is 0. The highest BCUT2D eigenvalue weighted by molar-refractivity contribution is 6.10. The first-order valence-corrected chi connectivity index (χ1v) is 21.8. The maximum Gasteiger partial charge on any atom is 0.0543 e. The molecule has 0 aliphatic heterocycles. The number of hydrogen-bond acceptors (Lipinski definition) is 1. The van der Waals surface area contributed by atoms with Crippen LogP contribution in [0.1, 0.15) is 68.2 Å². The van der Waals surface area contributed by atoms with E-state index in [0.717, 1.165) is 23.7 Å².